The van der Waals surface area contributed by atoms with Crippen molar-refractivity contribution < 1.29 is 9.53 Å². The number of carbonyl (C=O) groups is 1. The summed E-state index contributed by atoms with van der Waals surface area (Å²) >= 11 is 0. The smallest absolute Gasteiger partial charge is 0.272 e. The van der Waals surface area contributed by atoms with Gasteiger partial charge in [-0.2, -0.15) is 0 Å². The molecule has 1 heterocycles. The van der Waals surface area contributed by atoms with Gasteiger partial charge in [0.15, 0.2) is 11.4 Å². The van der Waals surface area contributed by atoms with Crippen LogP contribution in [0.2, 0.25) is 0 Å². The number of amides is 1. The molecular formula is C23H30ClN3O2. The minimum atomic E-state index is -0.114. The third-order valence-corrected chi connectivity index (χ3v) is 5.09. The Morgan fingerprint density at radius 1 is 1.03 bits per heavy atom. The van der Waals surface area contributed by atoms with Crippen molar-refractivity contribution in [3.63, 3.8) is 0 Å². The molecule has 1 N–H and O–H groups in total. The maximum atomic E-state index is 13.1. The Bertz CT molecular complexity index is 921. The average molecular weight is 416 g/mol. The van der Waals surface area contributed by atoms with Crippen LogP contribution in [0.25, 0.3) is 16.6 Å². The molecule has 0 aliphatic rings. The fraction of sp³-hybridized carbons (Fsp3) is 0.348. The first-order valence-electron chi connectivity index (χ1n) is 9.94. The Kier molecular flexibility index (Phi) is 8.55. The topological polar surface area (TPSA) is 46.5 Å². The zero-order valence-corrected chi connectivity index (χ0v) is 18.2. The van der Waals surface area contributed by atoms with Crippen LogP contribution in [0.5, 0.6) is 5.75 Å². The molecule has 3 rings (SSSR count). The van der Waals surface area contributed by atoms with Gasteiger partial charge in [0.2, 0.25) is 0 Å². The van der Waals surface area contributed by atoms with Crippen molar-refractivity contribution >= 4 is 29.2 Å². The highest BCUT2D eigenvalue weighted by Crippen LogP contribution is 2.35. The fourth-order valence-corrected chi connectivity index (χ4v) is 3.59. The van der Waals surface area contributed by atoms with Gasteiger partial charge < -0.3 is 19.5 Å². The summed E-state index contributed by atoms with van der Waals surface area (Å²) in [4.78, 5) is 15.5. The second-order valence-corrected chi connectivity index (χ2v) is 6.71. The molecule has 29 heavy (non-hydrogen) atoms. The Morgan fingerprint density at radius 3 is 2.34 bits per heavy atom. The van der Waals surface area contributed by atoms with E-state index in [1.165, 1.54) is 0 Å². The summed E-state index contributed by atoms with van der Waals surface area (Å²) < 4.78 is 7.65. The van der Waals surface area contributed by atoms with E-state index >= 15 is 0 Å². The Morgan fingerprint density at radius 2 is 1.69 bits per heavy atom. The quantitative estimate of drug-likeness (QED) is 0.522. The van der Waals surface area contributed by atoms with Crippen LogP contribution in [-0.2, 0) is 0 Å². The highest BCUT2D eigenvalue weighted by molar-refractivity contribution is 6.05. The van der Waals surface area contributed by atoms with Crippen LogP contribution in [0.3, 0.4) is 0 Å². The van der Waals surface area contributed by atoms with Crippen LogP contribution in [0.4, 0.5) is 0 Å². The van der Waals surface area contributed by atoms with Crippen molar-refractivity contribution in [2.75, 3.05) is 33.3 Å². The van der Waals surface area contributed by atoms with Crippen LogP contribution in [-0.4, -0.2) is 48.7 Å². The van der Waals surface area contributed by atoms with Crippen molar-refractivity contribution in [2.24, 2.45) is 0 Å². The van der Waals surface area contributed by atoms with Gasteiger partial charge in [-0.25, -0.2) is 0 Å². The van der Waals surface area contributed by atoms with Crippen LogP contribution in [0, 0.1) is 0 Å². The number of rotatable bonds is 9. The summed E-state index contributed by atoms with van der Waals surface area (Å²) in [5.74, 6) is 0.497. The molecule has 1 aromatic heterocycles. The highest BCUT2D eigenvalue weighted by Gasteiger charge is 2.24. The van der Waals surface area contributed by atoms with E-state index in [0.717, 1.165) is 42.6 Å². The molecule has 0 bridgehead atoms. The second kappa shape index (κ2) is 10.9. The number of hydrogen-bond donors (Lipinski definition) is 1. The normalized spacial score (nSPS) is 10.8. The molecule has 0 fully saturated rings. The van der Waals surface area contributed by atoms with E-state index in [1.807, 2.05) is 59.2 Å². The van der Waals surface area contributed by atoms with E-state index in [1.54, 1.807) is 7.11 Å². The van der Waals surface area contributed by atoms with E-state index in [0.29, 0.717) is 18.0 Å². The van der Waals surface area contributed by atoms with Crippen molar-refractivity contribution in [1.82, 2.24) is 14.8 Å². The predicted molar refractivity (Wildman–Crippen MR) is 122 cm³/mol. The van der Waals surface area contributed by atoms with Crippen LogP contribution in [0.15, 0.2) is 54.6 Å². The van der Waals surface area contributed by atoms with Gasteiger partial charge in [-0.1, -0.05) is 44.2 Å². The number of carbonyl (C=O) groups excluding carboxylic acids is 1. The van der Waals surface area contributed by atoms with Crippen molar-refractivity contribution in [3.05, 3.63) is 60.3 Å². The van der Waals surface area contributed by atoms with Crippen LogP contribution < -0.4 is 10.1 Å². The lowest BCUT2D eigenvalue weighted by molar-refractivity contribution is 0.0942. The largest absolute Gasteiger partial charge is 0.494 e. The number of nitrogens with one attached hydrogen (secondary N) is 1. The Hall–Kier alpha value is -2.50. The lowest BCUT2D eigenvalue weighted by atomic mass is 10.2. The summed E-state index contributed by atoms with van der Waals surface area (Å²) in [6, 6.07) is 17.9. The lowest BCUT2D eigenvalue weighted by Crippen LogP contribution is -2.31. The van der Waals surface area contributed by atoms with Gasteiger partial charge in [0, 0.05) is 17.6 Å². The first kappa shape index (κ1) is 22.8. The minimum absolute atomic E-state index is 0. The Balaban J connectivity index is 0.00000300. The predicted octanol–water partition coefficient (Wildman–Crippen LogP) is 4.52. The zero-order valence-electron chi connectivity index (χ0n) is 17.4. The van der Waals surface area contributed by atoms with Gasteiger partial charge in [-0.05, 0) is 50.3 Å². The van der Waals surface area contributed by atoms with E-state index in [9.17, 15) is 4.79 Å². The maximum absolute atomic E-state index is 13.1. The van der Waals surface area contributed by atoms with Crippen molar-refractivity contribution in [2.45, 2.75) is 20.3 Å². The van der Waals surface area contributed by atoms with Gasteiger partial charge in [0.25, 0.3) is 5.91 Å². The molecule has 1 amide bonds. The molecule has 0 radical (unpaired) electrons. The fourth-order valence-electron chi connectivity index (χ4n) is 3.59. The van der Waals surface area contributed by atoms with Gasteiger partial charge >= 0.3 is 0 Å². The van der Waals surface area contributed by atoms with Gasteiger partial charge in [0.05, 0.1) is 12.6 Å². The zero-order chi connectivity index (χ0) is 19.9. The van der Waals surface area contributed by atoms with E-state index < -0.39 is 0 Å². The number of methoxy groups -OCH3 is 1. The highest BCUT2D eigenvalue weighted by atomic mass is 35.5. The third kappa shape index (κ3) is 4.92. The van der Waals surface area contributed by atoms with Gasteiger partial charge in [0.1, 0.15) is 0 Å². The standard InChI is InChI=1S/C23H29N3O2.ClH/c1-4-25(5-2)17-11-16-24-23(27)21-22(28-3)19-14-9-10-15-20(19)26(21)18-12-7-6-8-13-18;/h6-10,12-15H,4-5,11,16-17H2,1-3H3,(H,24,27);1H. The molecule has 0 aliphatic carbocycles. The molecule has 3 aromatic rings. The number of para-hydroxylation sites is 2. The third-order valence-electron chi connectivity index (χ3n) is 5.09. The number of halogens is 1. The Labute approximate surface area is 179 Å². The number of benzene rings is 2. The molecule has 156 valence electrons. The summed E-state index contributed by atoms with van der Waals surface area (Å²) in [6.07, 6.45) is 0.918. The summed E-state index contributed by atoms with van der Waals surface area (Å²) in [5.41, 5.74) is 2.44. The molecular weight excluding hydrogens is 386 g/mol. The molecule has 0 saturated heterocycles. The monoisotopic (exact) mass is 415 g/mol. The number of nitrogens with zero attached hydrogens (tertiary/aromatic N) is 2. The molecule has 2 aromatic carbocycles. The van der Waals surface area contributed by atoms with Crippen LogP contribution in [0.1, 0.15) is 30.8 Å². The molecule has 6 heteroatoms. The number of aromatic nitrogens is 1. The van der Waals surface area contributed by atoms with E-state index in [2.05, 4.69) is 24.1 Å². The average Bonchev–Trinajstić information content (AvgIpc) is 3.08. The number of fused-ring (bicyclic) bond motifs is 1. The molecule has 0 saturated carbocycles. The van der Waals surface area contributed by atoms with Crippen LogP contribution >= 0.6 is 12.4 Å². The molecule has 0 aliphatic heterocycles. The number of ether oxygens (including phenoxy) is 1. The second-order valence-electron chi connectivity index (χ2n) is 6.71. The molecule has 5 nitrogen and oxygen atoms in total. The number of hydrogen-bond acceptors (Lipinski definition) is 3. The SMILES string of the molecule is CCN(CC)CCCNC(=O)c1c(OC)c2ccccc2n1-c1ccccc1.Cl. The minimum Gasteiger partial charge on any atom is -0.494 e. The molecule has 0 unspecified atom stereocenters. The molecule has 0 atom stereocenters. The molecule has 0 spiro atoms. The summed E-state index contributed by atoms with van der Waals surface area (Å²) in [5, 5.41) is 4.01. The maximum Gasteiger partial charge on any atom is 0.272 e. The van der Waals surface area contributed by atoms with Gasteiger partial charge in [-0.3, -0.25) is 4.79 Å². The lowest BCUT2D eigenvalue weighted by Gasteiger charge is -2.18. The van der Waals surface area contributed by atoms with Gasteiger partial charge in [-0.15, -0.1) is 12.4 Å². The van der Waals surface area contributed by atoms with Crippen molar-refractivity contribution in [1.29, 1.82) is 0 Å². The van der Waals surface area contributed by atoms with Crippen molar-refractivity contribution in [3.8, 4) is 11.4 Å². The first-order chi connectivity index (χ1) is 13.7. The summed E-state index contributed by atoms with van der Waals surface area (Å²) in [7, 11) is 1.62. The van der Waals surface area contributed by atoms with E-state index in [4.69, 9.17) is 4.74 Å². The first-order valence-corrected chi connectivity index (χ1v) is 9.94. The summed E-state index contributed by atoms with van der Waals surface area (Å²) in [6.45, 7) is 7.98. The van der Waals surface area contributed by atoms with E-state index in [-0.39, 0.29) is 18.3 Å².